The number of allylic oxidation sites excluding steroid dienone is 1. The Kier molecular flexibility index (Phi) is 4.65. The number of carbonyl (C=O) groups is 1. The molecule has 1 aliphatic rings. The lowest BCUT2D eigenvalue weighted by Crippen LogP contribution is -2.45. The Morgan fingerprint density at radius 1 is 1.37 bits per heavy atom. The van der Waals surface area contributed by atoms with Crippen molar-refractivity contribution in [3.8, 4) is 11.8 Å². The van der Waals surface area contributed by atoms with Gasteiger partial charge in [-0.1, -0.05) is 12.1 Å². The van der Waals surface area contributed by atoms with E-state index in [0.29, 0.717) is 17.1 Å². The van der Waals surface area contributed by atoms with Gasteiger partial charge in [0.05, 0.1) is 37.9 Å². The zero-order chi connectivity index (χ0) is 19.9. The summed E-state index contributed by atoms with van der Waals surface area (Å²) in [6.07, 6.45) is 0. The summed E-state index contributed by atoms with van der Waals surface area (Å²) < 4.78 is 7.76. The Labute approximate surface area is 156 Å². The number of aromatic hydroxyl groups is 2. The minimum absolute atomic E-state index is 0.0217. The molecule has 1 aliphatic heterocycles. The fourth-order valence-corrected chi connectivity index (χ4v) is 3.41. The second-order valence-corrected chi connectivity index (χ2v) is 6.40. The molecule has 1 unspecified atom stereocenters. The molecule has 3 rings (SSSR count). The Hall–Kier alpha value is -3.29. The number of anilines is 1. The standard InChI is InChI=1S/C19H21N3O5/c1-5-27-18(25)13-10(2)20-16-15(17(24)22(4)19(26)21(16)3)14(13)11-7-6-8-12(23)9-11/h6-9,14H,5H2,1-4H3,(H2,20,23,24,25)/p+1. The molecule has 8 heteroatoms. The highest BCUT2D eigenvalue weighted by Crippen LogP contribution is 2.40. The number of benzene rings is 1. The van der Waals surface area contributed by atoms with Crippen molar-refractivity contribution in [3.63, 3.8) is 0 Å². The number of fused-ring (bicyclic) bond motifs is 1. The van der Waals surface area contributed by atoms with Crippen molar-refractivity contribution in [3.05, 3.63) is 57.0 Å². The van der Waals surface area contributed by atoms with Gasteiger partial charge in [0.1, 0.15) is 11.3 Å². The van der Waals surface area contributed by atoms with Crippen LogP contribution in [0, 0.1) is 0 Å². The highest BCUT2D eigenvalue weighted by Gasteiger charge is 2.41. The predicted octanol–water partition coefficient (Wildman–Crippen LogP) is 1.02. The van der Waals surface area contributed by atoms with Crippen molar-refractivity contribution in [1.82, 2.24) is 4.57 Å². The monoisotopic (exact) mass is 372 g/mol. The molecule has 2 aromatic rings. The first-order chi connectivity index (χ1) is 12.8. The van der Waals surface area contributed by atoms with Crippen LogP contribution in [0.1, 0.15) is 30.9 Å². The van der Waals surface area contributed by atoms with Crippen LogP contribution >= 0.6 is 0 Å². The van der Waals surface area contributed by atoms with Crippen molar-refractivity contribution in [2.24, 2.45) is 14.1 Å². The fourth-order valence-electron chi connectivity index (χ4n) is 3.41. The Morgan fingerprint density at radius 3 is 2.70 bits per heavy atom. The van der Waals surface area contributed by atoms with E-state index in [9.17, 15) is 19.8 Å². The summed E-state index contributed by atoms with van der Waals surface area (Å²) in [7, 11) is 3.06. The molecule has 0 amide bonds. The molecule has 8 nitrogen and oxygen atoms in total. The number of hydrogen-bond acceptors (Lipinski definition) is 6. The van der Waals surface area contributed by atoms with Gasteiger partial charge in [-0.2, -0.15) is 4.57 Å². The molecule has 1 atom stereocenters. The Bertz CT molecular complexity index is 1020. The van der Waals surface area contributed by atoms with Gasteiger partial charge >= 0.3 is 17.5 Å². The normalized spacial score (nSPS) is 15.9. The first-order valence-electron chi connectivity index (χ1n) is 8.53. The van der Waals surface area contributed by atoms with Crippen molar-refractivity contribution in [2.75, 3.05) is 11.9 Å². The SMILES string of the molecule is CCOC(=O)C1=C(C)Nc2c(c(=O)n(C)c(O)[n+]2C)C1c1cccc(O)c1. The number of phenols is 1. The maximum absolute atomic E-state index is 13.0. The number of phenolic OH excluding ortho intramolecular Hbond substituents is 1. The molecule has 2 heterocycles. The number of rotatable bonds is 3. The molecule has 142 valence electrons. The van der Waals surface area contributed by atoms with Gasteiger partial charge in [0.25, 0.3) is 0 Å². The maximum atomic E-state index is 13.0. The second-order valence-electron chi connectivity index (χ2n) is 6.40. The molecule has 0 spiro atoms. The van der Waals surface area contributed by atoms with E-state index in [-0.39, 0.29) is 29.5 Å². The van der Waals surface area contributed by atoms with Gasteiger partial charge in [-0.05, 0) is 31.5 Å². The molecular weight excluding hydrogens is 350 g/mol. The summed E-state index contributed by atoms with van der Waals surface area (Å²) in [5.41, 5.74) is 1.21. The van der Waals surface area contributed by atoms with Gasteiger partial charge in [0.2, 0.25) is 5.82 Å². The van der Waals surface area contributed by atoms with Gasteiger partial charge in [-0.25, -0.2) is 9.36 Å². The van der Waals surface area contributed by atoms with Crippen LogP contribution in [-0.4, -0.2) is 27.4 Å². The average Bonchev–Trinajstić information content (AvgIpc) is 2.63. The number of esters is 1. The smallest absolute Gasteiger partial charge is 0.399 e. The molecule has 0 fully saturated rings. The van der Waals surface area contributed by atoms with Crippen LogP contribution in [0.25, 0.3) is 0 Å². The number of ether oxygens (including phenoxy) is 1. The van der Waals surface area contributed by atoms with E-state index in [4.69, 9.17) is 4.74 Å². The molecular formula is C19H22N3O5+. The lowest BCUT2D eigenvalue weighted by Gasteiger charge is -2.27. The van der Waals surface area contributed by atoms with Gasteiger partial charge < -0.3 is 14.9 Å². The summed E-state index contributed by atoms with van der Waals surface area (Å²) >= 11 is 0. The molecule has 27 heavy (non-hydrogen) atoms. The van der Waals surface area contributed by atoms with Gasteiger partial charge in [-0.3, -0.25) is 10.1 Å². The van der Waals surface area contributed by atoms with E-state index in [1.54, 1.807) is 33.0 Å². The summed E-state index contributed by atoms with van der Waals surface area (Å²) in [5.74, 6) is -0.889. The van der Waals surface area contributed by atoms with Crippen LogP contribution in [-0.2, 0) is 23.6 Å². The number of hydrogen-bond donors (Lipinski definition) is 3. The second kappa shape index (κ2) is 6.79. The highest BCUT2D eigenvalue weighted by atomic mass is 16.5. The van der Waals surface area contributed by atoms with Crippen molar-refractivity contribution < 1.29 is 24.3 Å². The van der Waals surface area contributed by atoms with Crippen LogP contribution in [0.5, 0.6) is 11.8 Å². The number of nitrogens with one attached hydrogen (secondary N) is 1. The van der Waals surface area contributed by atoms with Gasteiger partial charge in [0.15, 0.2) is 0 Å². The summed E-state index contributed by atoms with van der Waals surface area (Å²) in [4.78, 5) is 25.7. The number of nitrogens with zero attached hydrogens (tertiary/aromatic N) is 2. The molecule has 0 saturated carbocycles. The summed E-state index contributed by atoms with van der Waals surface area (Å²) in [5, 5.41) is 23.2. The van der Waals surface area contributed by atoms with Crippen molar-refractivity contribution >= 4 is 11.8 Å². The van der Waals surface area contributed by atoms with E-state index in [2.05, 4.69) is 5.32 Å². The van der Waals surface area contributed by atoms with Crippen LogP contribution < -0.4 is 15.4 Å². The molecule has 3 N–H and O–H groups in total. The quantitative estimate of drug-likeness (QED) is 0.549. The van der Waals surface area contributed by atoms with E-state index in [0.717, 1.165) is 4.57 Å². The third kappa shape index (κ3) is 2.92. The van der Waals surface area contributed by atoms with E-state index in [1.165, 1.54) is 23.7 Å². The molecule has 1 aromatic heterocycles. The predicted molar refractivity (Wildman–Crippen MR) is 97.4 cm³/mol. The summed E-state index contributed by atoms with van der Waals surface area (Å²) in [6.45, 7) is 3.61. The maximum Gasteiger partial charge on any atom is 0.399 e. The first kappa shape index (κ1) is 18.5. The van der Waals surface area contributed by atoms with Crippen molar-refractivity contribution in [1.29, 1.82) is 0 Å². The Morgan fingerprint density at radius 2 is 2.07 bits per heavy atom. The van der Waals surface area contributed by atoms with Crippen molar-refractivity contribution in [2.45, 2.75) is 19.8 Å². The third-order valence-corrected chi connectivity index (χ3v) is 4.71. The molecule has 1 aromatic carbocycles. The van der Waals surface area contributed by atoms with E-state index >= 15 is 0 Å². The number of aromatic nitrogens is 2. The highest BCUT2D eigenvalue weighted by molar-refractivity contribution is 5.94. The average molecular weight is 372 g/mol. The van der Waals surface area contributed by atoms with E-state index < -0.39 is 17.4 Å². The third-order valence-electron chi connectivity index (χ3n) is 4.71. The van der Waals surface area contributed by atoms with Crippen LogP contribution in [0.4, 0.5) is 5.82 Å². The zero-order valence-electron chi connectivity index (χ0n) is 15.6. The Balaban J connectivity index is 2.37. The lowest BCUT2D eigenvalue weighted by molar-refractivity contribution is -0.669. The van der Waals surface area contributed by atoms with Gasteiger partial charge in [0, 0.05) is 0 Å². The van der Waals surface area contributed by atoms with E-state index in [1.807, 2.05) is 0 Å². The zero-order valence-corrected chi connectivity index (χ0v) is 15.6. The van der Waals surface area contributed by atoms with Crippen LogP contribution in [0.3, 0.4) is 0 Å². The minimum atomic E-state index is -0.752. The first-order valence-corrected chi connectivity index (χ1v) is 8.53. The van der Waals surface area contributed by atoms with Crippen LogP contribution in [0.2, 0.25) is 0 Å². The van der Waals surface area contributed by atoms with Gasteiger partial charge in [-0.15, -0.1) is 0 Å². The summed E-state index contributed by atoms with van der Waals surface area (Å²) in [6, 6.07) is 6.18. The minimum Gasteiger partial charge on any atom is -0.508 e. The number of carbonyl (C=O) groups excluding carboxylic acids is 1. The fraction of sp³-hybridized carbons (Fsp3) is 0.316. The lowest BCUT2D eigenvalue weighted by atomic mass is 9.82. The topological polar surface area (TPSA) is 105 Å². The van der Waals surface area contributed by atoms with Crippen LogP contribution in [0.15, 0.2) is 40.3 Å². The molecule has 0 aliphatic carbocycles. The largest absolute Gasteiger partial charge is 0.508 e. The molecule has 0 bridgehead atoms. The molecule has 0 saturated heterocycles. The molecule has 0 radical (unpaired) electrons.